The molecule has 2 aromatic carbocycles. The lowest BCUT2D eigenvalue weighted by atomic mass is 10.1. The first-order valence-electron chi connectivity index (χ1n) is 8.44. The molecule has 130 valence electrons. The average Bonchev–Trinajstić information content (AvgIpc) is 3.41. The Balaban J connectivity index is 1.55. The fourth-order valence-corrected chi connectivity index (χ4v) is 2.96. The van der Waals surface area contributed by atoms with Gasteiger partial charge in [-0.25, -0.2) is 0 Å². The van der Waals surface area contributed by atoms with Crippen molar-refractivity contribution in [1.29, 1.82) is 0 Å². The number of methoxy groups -OCH3 is 1. The number of hydrogen-bond acceptors (Lipinski definition) is 4. The summed E-state index contributed by atoms with van der Waals surface area (Å²) in [4.78, 5) is 12.6. The third-order valence-electron chi connectivity index (χ3n) is 4.83. The second-order valence-corrected chi connectivity index (χ2v) is 6.90. The normalized spacial score (nSPS) is 16.9. The molecule has 1 saturated carbocycles. The molecule has 1 aliphatic heterocycles. The van der Waals surface area contributed by atoms with Crippen LogP contribution in [0.4, 0.5) is 5.69 Å². The summed E-state index contributed by atoms with van der Waals surface area (Å²) in [5.74, 6) is 1.76. The molecule has 0 atom stereocenters. The quantitative estimate of drug-likeness (QED) is 0.924. The number of benzene rings is 2. The summed E-state index contributed by atoms with van der Waals surface area (Å²) < 4.78 is 17.1. The highest BCUT2D eigenvalue weighted by Crippen LogP contribution is 2.49. The van der Waals surface area contributed by atoms with Gasteiger partial charge in [-0.2, -0.15) is 0 Å². The summed E-state index contributed by atoms with van der Waals surface area (Å²) in [5.41, 5.74) is 2.40. The number of fused-ring (bicyclic) bond motifs is 1. The van der Waals surface area contributed by atoms with Crippen LogP contribution in [0, 0.1) is 12.3 Å². The summed E-state index contributed by atoms with van der Waals surface area (Å²) in [7, 11) is 1.58. The Labute approximate surface area is 146 Å². The molecule has 0 saturated heterocycles. The Morgan fingerprint density at radius 1 is 1.08 bits per heavy atom. The summed E-state index contributed by atoms with van der Waals surface area (Å²) >= 11 is 0. The van der Waals surface area contributed by atoms with Gasteiger partial charge in [-0.1, -0.05) is 6.07 Å². The van der Waals surface area contributed by atoms with E-state index in [2.05, 4.69) is 5.32 Å². The van der Waals surface area contributed by atoms with E-state index in [1.807, 2.05) is 25.1 Å². The first-order valence-corrected chi connectivity index (χ1v) is 8.44. The predicted molar refractivity (Wildman–Crippen MR) is 94.8 cm³/mol. The van der Waals surface area contributed by atoms with E-state index >= 15 is 0 Å². The second kappa shape index (κ2) is 5.99. The van der Waals surface area contributed by atoms with Crippen molar-refractivity contribution < 1.29 is 19.0 Å². The van der Waals surface area contributed by atoms with Gasteiger partial charge in [0.1, 0.15) is 5.75 Å². The molecular weight excluding hydrogens is 318 g/mol. The highest BCUT2D eigenvalue weighted by Gasteiger charge is 2.46. The van der Waals surface area contributed by atoms with Crippen LogP contribution in [0.5, 0.6) is 17.2 Å². The van der Waals surface area contributed by atoms with E-state index in [1.54, 1.807) is 25.3 Å². The maximum atomic E-state index is 12.6. The molecule has 1 fully saturated rings. The Morgan fingerprint density at radius 2 is 1.84 bits per heavy atom. The van der Waals surface area contributed by atoms with Gasteiger partial charge in [0.15, 0.2) is 11.5 Å². The average molecular weight is 339 g/mol. The van der Waals surface area contributed by atoms with Crippen molar-refractivity contribution in [3.05, 3.63) is 47.5 Å². The number of aryl methyl sites for hydroxylation is 1. The maximum absolute atomic E-state index is 12.6. The number of carbonyl (C=O) groups excluding carboxylic acids is 1. The van der Waals surface area contributed by atoms with E-state index in [0.29, 0.717) is 41.7 Å². The molecule has 1 N–H and O–H groups in total. The lowest BCUT2D eigenvalue weighted by molar-refractivity contribution is 0.102. The molecular formula is C20H21NO4. The monoisotopic (exact) mass is 339 g/mol. The zero-order valence-corrected chi connectivity index (χ0v) is 14.4. The Morgan fingerprint density at radius 3 is 2.56 bits per heavy atom. The number of carbonyl (C=O) groups is 1. The molecule has 1 heterocycles. The van der Waals surface area contributed by atoms with Gasteiger partial charge in [-0.15, -0.1) is 0 Å². The van der Waals surface area contributed by atoms with Crippen molar-refractivity contribution in [3.63, 3.8) is 0 Å². The zero-order chi connectivity index (χ0) is 17.4. The third-order valence-corrected chi connectivity index (χ3v) is 4.83. The summed E-state index contributed by atoms with van der Waals surface area (Å²) in [6.45, 7) is 3.30. The van der Waals surface area contributed by atoms with Gasteiger partial charge in [0.05, 0.1) is 26.0 Å². The van der Waals surface area contributed by atoms with Crippen molar-refractivity contribution >= 4 is 11.6 Å². The predicted octanol–water partition coefficient (Wildman–Crippen LogP) is 3.81. The molecule has 4 rings (SSSR count). The molecule has 25 heavy (non-hydrogen) atoms. The Hall–Kier alpha value is -2.69. The van der Waals surface area contributed by atoms with Crippen molar-refractivity contribution in [3.8, 4) is 17.2 Å². The number of rotatable bonds is 3. The molecule has 0 bridgehead atoms. The fraction of sp³-hybridized carbons (Fsp3) is 0.350. The minimum Gasteiger partial charge on any atom is -0.495 e. The number of hydrogen-bond donors (Lipinski definition) is 1. The van der Waals surface area contributed by atoms with Crippen molar-refractivity contribution in [2.24, 2.45) is 5.41 Å². The van der Waals surface area contributed by atoms with E-state index in [0.717, 1.165) is 18.4 Å². The molecule has 5 nitrogen and oxygen atoms in total. The van der Waals surface area contributed by atoms with Crippen LogP contribution in [0.3, 0.4) is 0 Å². The highest BCUT2D eigenvalue weighted by atomic mass is 16.5. The number of ether oxygens (including phenoxy) is 3. The van der Waals surface area contributed by atoms with Crippen LogP contribution in [0.2, 0.25) is 0 Å². The molecule has 0 aromatic heterocycles. The van der Waals surface area contributed by atoms with E-state index in [-0.39, 0.29) is 11.3 Å². The van der Waals surface area contributed by atoms with Gasteiger partial charge in [0, 0.05) is 11.0 Å². The van der Waals surface area contributed by atoms with E-state index in [9.17, 15) is 4.79 Å². The lowest BCUT2D eigenvalue weighted by Gasteiger charge is -2.12. The van der Waals surface area contributed by atoms with Gasteiger partial charge >= 0.3 is 0 Å². The summed E-state index contributed by atoms with van der Waals surface area (Å²) in [6, 6.07) is 11.0. The lowest BCUT2D eigenvalue weighted by Crippen LogP contribution is -2.17. The van der Waals surface area contributed by atoms with Gasteiger partial charge in [-0.05, 0) is 55.7 Å². The standard InChI is InChI=1S/C20H21NO4/c1-13-3-5-16(23-2)15(9-13)21-19(22)14-4-6-17-18(10-14)25-12-20(7-8-20)11-24-17/h3-6,9-10H,7-8,11-12H2,1-2H3,(H,21,22). The fourth-order valence-electron chi connectivity index (χ4n) is 2.96. The van der Waals surface area contributed by atoms with Gasteiger partial charge < -0.3 is 19.5 Å². The van der Waals surface area contributed by atoms with Crippen LogP contribution in [-0.2, 0) is 0 Å². The van der Waals surface area contributed by atoms with Gasteiger partial charge in [0.2, 0.25) is 0 Å². The largest absolute Gasteiger partial charge is 0.495 e. The Bertz CT molecular complexity index is 826. The minimum atomic E-state index is -0.208. The molecule has 5 heteroatoms. The smallest absolute Gasteiger partial charge is 0.255 e. The second-order valence-electron chi connectivity index (χ2n) is 6.90. The zero-order valence-electron chi connectivity index (χ0n) is 14.4. The van der Waals surface area contributed by atoms with Crippen molar-refractivity contribution in [2.75, 3.05) is 25.6 Å². The minimum absolute atomic E-state index is 0.177. The molecule has 0 unspecified atom stereocenters. The van der Waals surface area contributed by atoms with E-state index < -0.39 is 0 Å². The number of nitrogens with one attached hydrogen (secondary N) is 1. The van der Waals surface area contributed by atoms with Gasteiger partial charge in [-0.3, -0.25) is 4.79 Å². The van der Waals surface area contributed by atoms with Crippen molar-refractivity contribution in [1.82, 2.24) is 0 Å². The van der Waals surface area contributed by atoms with E-state index in [1.165, 1.54) is 0 Å². The van der Waals surface area contributed by atoms with Crippen molar-refractivity contribution in [2.45, 2.75) is 19.8 Å². The summed E-state index contributed by atoms with van der Waals surface area (Å²) in [6.07, 6.45) is 2.28. The van der Waals surface area contributed by atoms with Crippen LogP contribution >= 0.6 is 0 Å². The van der Waals surface area contributed by atoms with Crippen LogP contribution < -0.4 is 19.5 Å². The first-order chi connectivity index (χ1) is 12.1. The molecule has 2 aromatic rings. The van der Waals surface area contributed by atoms with Crippen LogP contribution in [0.15, 0.2) is 36.4 Å². The van der Waals surface area contributed by atoms with Crippen LogP contribution in [-0.4, -0.2) is 26.2 Å². The summed E-state index contributed by atoms with van der Waals surface area (Å²) in [5, 5.41) is 2.91. The first kappa shape index (κ1) is 15.8. The number of anilines is 1. The topological polar surface area (TPSA) is 56.8 Å². The SMILES string of the molecule is COc1ccc(C)cc1NC(=O)c1ccc2c(c1)OCC1(CC1)CO2. The highest BCUT2D eigenvalue weighted by molar-refractivity contribution is 6.05. The third kappa shape index (κ3) is 3.14. The van der Waals surface area contributed by atoms with E-state index in [4.69, 9.17) is 14.2 Å². The molecule has 1 spiro atoms. The molecule has 0 radical (unpaired) electrons. The maximum Gasteiger partial charge on any atom is 0.255 e. The molecule has 2 aliphatic rings. The van der Waals surface area contributed by atoms with Crippen LogP contribution in [0.25, 0.3) is 0 Å². The van der Waals surface area contributed by atoms with Crippen LogP contribution in [0.1, 0.15) is 28.8 Å². The Kier molecular flexibility index (Phi) is 3.79. The molecule has 1 amide bonds. The molecule has 1 aliphatic carbocycles. The van der Waals surface area contributed by atoms with Gasteiger partial charge in [0.25, 0.3) is 5.91 Å². The number of amides is 1.